The lowest BCUT2D eigenvalue weighted by Crippen LogP contribution is -2.48. The van der Waals surface area contributed by atoms with Crippen molar-refractivity contribution >= 4 is 5.91 Å². The Balaban J connectivity index is 1.86. The summed E-state index contributed by atoms with van der Waals surface area (Å²) in [7, 11) is 0. The Morgan fingerprint density at radius 2 is 1.90 bits per heavy atom. The van der Waals surface area contributed by atoms with Crippen LogP contribution in [0.1, 0.15) is 50.7 Å². The maximum absolute atomic E-state index is 12.1. The predicted octanol–water partition coefficient (Wildman–Crippen LogP) is 1.92. The van der Waals surface area contributed by atoms with Gasteiger partial charge in [-0.1, -0.05) is 30.3 Å². The van der Waals surface area contributed by atoms with Crippen molar-refractivity contribution in [3.8, 4) is 0 Å². The Labute approximate surface area is 119 Å². The van der Waals surface area contributed by atoms with Crippen LogP contribution in [0.2, 0.25) is 0 Å². The molecule has 1 saturated carbocycles. The van der Waals surface area contributed by atoms with Gasteiger partial charge in [-0.3, -0.25) is 4.79 Å². The third kappa shape index (κ3) is 3.58. The van der Waals surface area contributed by atoms with Crippen molar-refractivity contribution in [1.29, 1.82) is 0 Å². The number of nitrogens with one attached hydrogen (secondary N) is 1. The Kier molecular flexibility index (Phi) is 4.78. The van der Waals surface area contributed by atoms with Crippen LogP contribution in [0.5, 0.6) is 0 Å². The average molecular weight is 277 g/mol. The van der Waals surface area contributed by atoms with Crippen molar-refractivity contribution in [3.05, 3.63) is 35.9 Å². The number of hydrogen-bond donors (Lipinski definition) is 3. The Bertz CT molecular complexity index is 440. The van der Waals surface area contributed by atoms with Crippen LogP contribution in [0.15, 0.2) is 30.3 Å². The first-order valence-electron chi connectivity index (χ1n) is 7.27. The number of rotatable bonds is 5. The highest BCUT2D eigenvalue weighted by molar-refractivity contribution is 5.85. The number of aliphatic hydroxyl groups excluding tert-OH is 1. The second kappa shape index (κ2) is 6.37. The molecule has 1 amide bonds. The molecule has 1 fully saturated rings. The molecule has 2 atom stereocenters. The zero-order valence-corrected chi connectivity index (χ0v) is 11.9. The molecule has 4 nitrogen and oxygen atoms in total. The van der Waals surface area contributed by atoms with Crippen LogP contribution in [0, 0.1) is 0 Å². The first-order valence-corrected chi connectivity index (χ1v) is 7.27. The van der Waals surface area contributed by atoms with E-state index in [1.807, 2.05) is 37.3 Å². The topological polar surface area (TPSA) is 69.6 Å². The zero-order chi connectivity index (χ0) is 14.6. The molecule has 2 rings (SSSR count). The Hall–Kier alpha value is -1.39. The van der Waals surface area contributed by atoms with Gasteiger partial charge in [0.2, 0.25) is 0 Å². The second-order valence-electron chi connectivity index (χ2n) is 5.78. The molecule has 1 aromatic carbocycles. The van der Waals surface area contributed by atoms with Gasteiger partial charge in [-0.15, -0.1) is 0 Å². The van der Waals surface area contributed by atoms with E-state index in [1.165, 1.54) is 0 Å². The molecular weight excluding hydrogens is 254 g/mol. The van der Waals surface area contributed by atoms with Crippen LogP contribution >= 0.6 is 0 Å². The van der Waals surface area contributed by atoms with E-state index in [0.29, 0.717) is 19.3 Å². The van der Waals surface area contributed by atoms with Gasteiger partial charge in [0.1, 0.15) is 5.60 Å². The Morgan fingerprint density at radius 3 is 2.50 bits per heavy atom. The molecule has 0 radical (unpaired) electrons. The minimum atomic E-state index is -1.20. The summed E-state index contributed by atoms with van der Waals surface area (Å²) in [6.45, 7) is 1.85. The minimum Gasteiger partial charge on any atom is -0.388 e. The summed E-state index contributed by atoms with van der Waals surface area (Å²) < 4.78 is 0. The van der Waals surface area contributed by atoms with Crippen LogP contribution in [0.25, 0.3) is 0 Å². The van der Waals surface area contributed by atoms with Crippen LogP contribution in [0.3, 0.4) is 0 Å². The van der Waals surface area contributed by atoms with Crippen molar-refractivity contribution in [2.75, 3.05) is 0 Å². The second-order valence-corrected chi connectivity index (χ2v) is 5.78. The molecule has 0 unspecified atom stereocenters. The molecule has 1 aromatic rings. The maximum atomic E-state index is 12.1. The molecule has 1 aliphatic rings. The quantitative estimate of drug-likeness (QED) is 0.770. The third-order valence-corrected chi connectivity index (χ3v) is 3.99. The van der Waals surface area contributed by atoms with Crippen LogP contribution in [-0.2, 0) is 4.79 Å². The summed E-state index contributed by atoms with van der Waals surface area (Å²) in [4.78, 5) is 12.1. The average Bonchev–Trinajstić information content (AvgIpc) is 2.88. The van der Waals surface area contributed by atoms with Gasteiger partial charge < -0.3 is 15.5 Å². The fourth-order valence-electron chi connectivity index (χ4n) is 2.75. The van der Waals surface area contributed by atoms with Crippen molar-refractivity contribution in [3.63, 3.8) is 0 Å². The van der Waals surface area contributed by atoms with Gasteiger partial charge >= 0.3 is 0 Å². The first-order chi connectivity index (χ1) is 9.51. The number of amides is 1. The molecule has 0 aromatic heterocycles. The smallest absolute Gasteiger partial charge is 0.252 e. The van der Waals surface area contributed by atoms with E-state index < -0.39 is 11.7 Å². The summed E-state index contributed by atoms with van der Waals surface area (Å²) >= 11 is 0. The molecule has 110 valence electrons. The van der Waals surface area contributed by atoms with Gasteiger partial charge in [-0.25, -0.2) is 0 Å². The van der Waals surface area contributed by atoms with Gasteiger partial charge in [0.25, 0.3) is 5.91 Å². The molecule has 4 heteroatoms. The monoisotopic (exact) mass is 277 g/mol. The van der Waals surface area contributed by atoms with E-state index in [0.717, 1.165) is 18.4 Å². The summed E-state index contributed by atoms with van der Waals surface area (Å²) in [5.74, 6) is -0.303. The zero-order valence-electron chi connectivity index (χ0n) is 11.9. The molecular formula is C16H23NO3. The summed E-state index contributed by atoms with van der Waals surface area (Å²) in [6.07, 6.45) is 2.69. The standard InChI is InChI=1S/C16H23NO3/c1-12(11-14(18)13-7-3-2-4-8-13)17-15(19)16(20)9-5-6-10-16/h2-4,7-8,12,14,18,20H,5-6,9-11H2,1H3,(H,17,19)/t12-,14+/m1/s1. The Morgan fingerprint density at radius 1 is 1.30 bits per heavy atom. The maximum Gasteiger partial charge on any atom is 0.252 e. The molecule has 20 heavy (non-hydrogen) atoms. The van der Waals surface area contributed by atoms with Gasteiger partial charge in [-0.2, -0.15) is 0 Å². The lowest BCUT2D eigenvalue weighted by atomic mass is 9.99. The fraction of sp³-hybridized carbons (Fsp3) is 0.562. The number of carbonyl (C=O) groups is 1. The highest BCUT2D eigenvalue weighted by atomic mass is 16.3. The van der Waals surface area contributed by atoms with Crippen LogP contribution in [0.4, 0.5) is 0 Å². The molecule has 1 aliphatic carbocycles. The SMILES string of the molecule is C[C@H](C[C@H](O)c1ccccc1)NC(=O)C1(O)CCCC1. The summed E-state index contributed by atoms with van der Waals surface area (Å²) in [5, 5.41) is 23.1. The summed E-state index contributed by atoms with van der Waals surface area (Å²) in [6, 6.07) is 9.21. The fourth-order valence-corrected chi connectivity index (χ4v) is 2.75. The van der Waals surface area contributed by atoms with E-state index in [-0.39, 0.29) is 11.9 Å². The van der Waals surface area contributed by atoms with Gasteiger partial charge in [0.15, 0.2) is 0 Å². The number of carbonyl (C=O) groups excluding carboxylic acids is 1. The van der Waals surface area contributed by atoms with Crippen molar-refractivity contribution in [1.82, 2.24) is 5.32 Å². The normalized spacial score (nSPS) is 20.4. The number of aliphatic hydroxyl groups is 2. The highest BCUT2D eigenvalue weighted by Crippen LogP contribution is 2.29. The van der Waals surface area contributed by atoms with Crippen molar-refractivity contribution < 1.29 is 15.0 Å². The molecule has 0 aliphatic heterocycles. The summed E-state index contributed by atoms with van der Waals surface area (Å²) in [5.41, 5.74) is -0.362. The minimum absolute atomic E-state index is 0.178. The molecule has 0 heterocycles. The lowest BCUT2D eigenvalue weighted by Gasteiger charge is -2.25. The van der Waals surface area contributed by atoms with E-state index in [4.69, 9.17) is 0 Å². The van der Waals surface area contributed by atoms with E-state index in [2.05, 4.69) is 5.32 Å². The molecule has 0 bridgehead atoms. The van der Waals surface area contributed by atoms with E-state index in [1.54, 1.807) is 0 Å². The third-order valence-electron chi connectivity index (χ3n) is 3.99. The highest BCUT2D eigenvalue weighted by Gasteiger charge is 2.39. The van der Waals surface area contributed by atoms with Gasteiger partial charge in [0, 0.05) is 6.04 Å². The lowest BCUT2D eigenvalue weighted by molar-refractivity contribution is -0.140. The van der Waals surface area contributed by atoms with E-state index >= 15 is 0 Å². The van der Waals surface area contributed by atoms with Crippen LogP contribution < -0.4 is 5.32 Å². The van der Waals surface area contributed by atoms with Crippen LogP contribution in [-0.4, -0.2) is 27.8 Å². The van der Waals surface area contributed by atoms with Crippen molar-refractivity contribution in [2.45, 2.75) is 56.8 Å². The van der Waals surface area contributed by atoms with Crippen molar-refractivity contribution in [2.24, 2.45) is 0 Å². The van der Waals surface area contributed by atoms with Gasteiger partial charge in [0.05, 0.1) is 6.10 Å². The number of hydrogen-bond acceptors (Lipinski definition) is 3. The molecule has 3 N–H and O–H groups in total. The largest absolute Gasteiger partial charge is 0.388 e. The first kappa shape index (κ1) is 15.0. The van der Waals surface area contributed by atoms with Gasteiger partial charge in [-0.05, 0) is 44.6 Å². The molecule has 0 saturated heterocycles. The van der Waals surface area contributed by atoms with E-state index in [9.17, 15) is 15.0 Å². The number of benzene rings is 1. The molecule has 0 spiro atoms. The predicted molar refractivity (Wildman–Crippen MR) is 77.0 cm³/mol.